The second kappa shape index (κ2) is 8.96. The van der Waals surface area contributed by atoms with Crippen molar-refractivity contribution in [3.05, 3.63) is 53.7 Å². The Morgan fingerprint density at radius 1 is 1.11 bits per heavy atom. The van der Waals surface area contributed by atoms with Crippen molar-refractivity contribution < 1.29 is 29.6 Å². The van der Waals surface area contributed by atoms with Gasteiger partial charge < -0.3 is 9.64 Å². The van der Waals surface area contributed by atoms with Crippen molar-refractivity contribution in [1.82, 2.24) is 19.8 Å². The molecule has 7 nitrogen and oxygen atoms in total. The Labute approximate surface area is 209 Å². The van der Waals surface area contributed by atoms with Gasteiger partial charge in [-0.15, -0.1) is 0 Å². The first kappa shape index (κ1) is 18.4. The molecule has 1 spiro atoms. The molecule has 5 rings (SSSR count). The molecule has 1 aliphatic carbocycles. The van der Waals surface area contributed by atoms with Crippen molar-refractivity contribution >= 4 is 12.0 Å². The zero-order valence-electron chi connectivity index (χ0n) is 24.5. The number of amides is 1. The first-order valence-electron chi connectivity index (χ1n) is 14.1. The molecule has 35 heavy (non-hydrogen) atoms. The maximum absolute atomic E-state index is 13.0. The smallest absolute Gasteiger partial charge is 0.419 e. The van der Waals surface area contributed by atoms with Gasteiger partial charge in [-0.2, -0.15) is 13.2 Å². The van der Waals surface area contributed by atoms with Gasteiger partial charge in [0.1, 0.15) is 6.10 Å². The summed E-state index contributed by atoms with van der Waals surface area (Å²) in [7, 11) is 0. The number of halogens is 3. The minimum Gasteiger partial charge on any atom is -0.446 e. The highest BCUT2D eigenvalue weighted by Crippen LogP contribution is 2.50. The lowest BCUT2D eigenvalue weighted by Gasteiger charge is -2.58. The van der Waals surface area contributed by atoms with Crippen molar-refractivity contribution in [3.63, 3.8) is 0 Å². The highest BCUT2D eigenvalue weighted by Gasteiger charge is 2.54. The molecule has 1 saturated carbocycles. The van der Waals surface area contributed by atoms with E-state index in [0.29, 0.717) is 39.0 Å². The van der Waals surface area contributed by atoms with E-state index in [2.05, 4.69) is 9.97 Å². The van der Waals surface area contributed by atoms with Crippen LogP contribution < -0.4 is 4.90 Å². The molecular weight excluding hydrogens is 459 g/mol. The highest BCUT2D eigenvalue weighted by molar-refractivity contribution is 5.69. The number of hydrogen-bond acceptors (Lipinski definition) is 6. The van der Waals surface area contributed by atoms with Crippen LogP contribution in [0.4, 0.5) is 23.9 Å². The SMILES string of the molecule is [2H]c1c([2H])c([2H])c(CN2CC3(CC(OC(=O)N4[C@H](C)CN(c5ncc(C(F)(F)F)cn5)C[C@@H]4C)C3)C2)c([2H])c1[2H]. The number of hydrogen-bond donors (Lipinski definition) is 0. The molecule has 3 fully saturated rings. The van der Waals surface area contributed by atoms with E-state index in [1.165, 1.54) is 0 Å². The maximum atomic E-state index is 13.0. The fourth-order valence-electron chi connectivity index (χ4n) is 5.52. The first-order chi connectivity index (χ1) is 18.7. The lowest BCUT2D eigenvalue weighted by Crippen LogP contribution is -2.65. The molecule has 10 heteroatoms. The van der Waals surface area contributed by atoms with E-state index in [9.17, 15) is 18.0 Å². The number of carbonyl (C=O) groups is 1. The van der Waals surface area contributed by atoms with Crippen LogP contribution in [0, 0.1) is 5.41 Å². The van der Waals surface area contributed by atoms with Crippen LogP contribution in [0.25, 0.3) is 0 Å². The zero-order chi connectivity index (χ0) is 29.1. The quantitative estimate of drug-likeness (QED) is 0.635. The van der Waals surface area contributed by atoms with Crippen molar-refractivity contribution in [2.75, 3.05) is 31.1 Å². The predicted molar refractivity (Wildman–Crippen MR) is 124 cm³/mol. The zero-order valence-corrected chi connectivity index (χ0v) is 19.5. The minimum atomic E-state index is -4.51. The Hall–Kier alpha value is -2.88. The van der Waals surface area contributed by atoms with Gasteiger partial charge in [0.05, 0.1) is 24.5 Å². The molecule has 0 radical (unpaired) electrons. The van der Waals surface area contributed by atoms with Crippen LogP contribution in [0.3, 0.4) is 0 Å². The topological polar surface area (TPSA) is 61.8 Å². The van der Waals surface area contributed by atoms with Gasteiger partial charge >= 0.3 is 12.3 Å². The van der Waals surface area contributed by atoms with Crippen LogP contribution in [0.2, 0.25) is 0 Å². The predicted octanol–water partition coefficient (Wildman–Crippen LogP) is 4.20. The van der Waals surface area contributed by atoms with Gasteiger partial charge in [0, 0.05) is 50.5 Å². The Morgan fingerprint density at radius 2 is 1.71 bits per heavy atom. The number of piperazine rings is 1. The molecule has 1 aromatic carbocycles. The molecule has 0 N–H and O–H groups in total. The lowest BCUT2D eigenvalue weighted by molar-refractivity contribution is -0.138. The third kappa shape index (κ3) is 4.94. The number of nitrogens with zero attached hydrogens (tertiary/aromatic N) is 5. The summed E-state index contributed by atoms with van der Waals surface area (Å²) in [6.07, 6.45) is -2.26. The van der Waals surface area contributed by atoms with Gasteiger partial charge in [-0.25, -0.2) is 14.8 Å². The lowest BCUT2D eigenvalue weighted by atomic mass is 9.61. The molecule has 188 valence electrons. The Bertz CT molecular complexity index is 1260. The fourth-order valence-corrected chi connectivity index (χ4v) is 5.52. The van der Waals surface area contributed by atoms with E-state index < -0.39 is 23.9 Å². The van der Waals surface area contributed by atoms with Crippen LogP contribution in [0.5, 0.6) is 0 Å². The van der Waals surface area contributed by atoms with Gasteiger partial charge in [-0.05, 0) is 32.3 Å². The van der Waals surface area contributed by atoms with E-state index in [4.69, 9.17) is 11.6 Å². The third-order valence-corrected chi connectivity index (χ3v) is 7.02. The summed E-state index contributed by atoms with van der Waals surface area (Å²) in [4.78, 5) is 26.2. The number of benzene rings is 1. The molecule has 2 saturated heterocycles. The molecule has 1 amide bonds. The second-order valence-electron chi connectivity index (χ2n) is 9.94. The van der Waals surface area contributed by atoms with E-state index >= 15 is 0 Å². The van der Waals surface area contributed by atoms with Crippen LogP contribution in [-0.4, -0.2) is 70.2 Å². The third-order valence-electron chi connectivity index (χ3n) is 7.02. The molecule has 2 aliphatic heterocycles. The van der Waals surface area contributed by atoms with E-state index in [-0.39, 0.29) is 65.8 Å². The summed E-state index contributed by atoms with van der Waals surface area (Å²) in [6.45, 7) is 6.06. The number of alkyl halides is 3. The summed E-state index contributed by atoms with van der Waals surface area (Å²) < 4.78 is 83.9. The average molecular weight is 495 g/mol. The number of anilines is 1. The van der Waals surface area contributed by atoms with Crippen molar-refractivity contribution in [2.45, 2.75) is 57.6 Å². The Balaban J connectivity index is 1.11. The first-order valence-corrected chi connectivity index (χ1v) is 11.6. The largest absolute Gasteiger partial charge is 0.446 e. The number of ether oxygens (including phenoxy) is 1. The molecule has 2 aromatic rings. The maximum Gasteiger partial charge on any atom is 0.419 e. The fraction of sp³-hybridized carbons (Fsp3) is 0.560. The molecule has 0 bridgehead atoms. The van der Waals surface area contributed by atoms with E-state index in [1.54, 1.807) is 9.80 Å². The summed E-state index contributed by atoms with van der Waals surface area (Å²) >= 11 is 0. The van der Waals surface area contributed by atoms with Crippen LogP contribution >= 0.6 is 0 Å². The number of aromatic nitrogens is 2. The van der Waals surface area contributed by atoms with E-state index in [1.807, 2.05) is 18.7 Å². The van der Waals surface area contributed by atoms with Crippen LogP contribution in [0.1, 0.15) is 44.7 Å². The summed E-state index contributed by atoms with van der Waals surface area (Å²) in [6, 6.07) is -1.97. The van der Waals surface area contributed by atoms with Crippen LogP contribution in [0.15, 0.2) is 42.6 Å². The van der Waals surface area contributed by atoms with Gasteiger partial charge in [-0.1, -0.05) is 30.2 Å². The highest BCUT2D eigenvalue weighted by atomic mass is 19.4. The van der Waals surface area contributed by atoms with Crippen molar-refractivity contribution in [2.24, 2.45) is 5.41 Å². The van der Waals surface area contributed by atoms with Gasteiger partial charge in [0.25, 0.3) is 0 Å². The number of carbonyl (C=O) groups excluding carboxylic acids is 1. The molecule has 3 heterocycles. The minimum absolute atomic E-state index is 0.00583. The molecule has 0 unspecified atom stereocenters. The second-order valence-corrected chi connectivity index (χ2v) is 9.94. The molecule has 1 aromatic heterocycles. The van der Waals surface area contributed by atoms with Gasteiger partial charge in [0.15, 0.2) is 0 Å². The Morgan fingerprint density at radius 3 is 2.29 bits per heavy atom. The molecular formula is C25H30F3N5O2. The van der Waals surface area contributed by atoms with Crippen molar-refractivity contribution in [3.8, 4) is 0 Å². The van der Waals surface area contributed by atoms with Crippen LogP contribution in [-0.2, 0) is 17.5 Å². The average Bonchev–Trinajstić information content (AvgIpc) is 2.84. The number of rotatable bonds is 4. The number of likely N-dealkylation sites (tertiary alicyclic amines) is 1. The Kier molecular flexibility index (Phi) is 4.71. The summed E-state index contributed by atoms with van der Waals surface area (Å²) in [5.74, 6) is 0.179. The molecule has 2 atom stereocenters. The molecule has 3 aliphatic rings. The van der Waals surface area contributed by atoms with Gasteiger partial charge in [-0.3, -0.25) is 9.80 Å². The summed E-state index contributed by atoms with van der Waals surface area (Å²) in [5, 5.41) is 0. The summed E-state index contributed by atoms with van der Waals surface area (Å²) in [5.41, 5.74) is -0.637. The monoisotopic (exact) mass is 494 g/mol. The normalized spacial score (nSPS) is 26.7. The van der Waals surface area contributed by atoms with Crippen molar-refractivity contribution in [1.29, 1.82) is 0 Å². The standard InChI is InChI=1S/C25H30F3N5O2/c1-17-12-32(22-29-10-20(11-30-22)25(26,27)28)13-18(2)33(17)23(34)35-21-8-24(9-21)15-31(16-24)14-19-6-4-3-5-7-19/h3-7,10-11,17-18,21H,8-9,12-16H2,1-2H3/t17-,18+/i3D,4D,5D,6D,7D. The van der Waals surface area contributed by atoms with Gasteiger partial charge in [0.2, 0.25) is 5.95 Å². The van der Waals surface area contributed by atoms with E-state index in [0.717, 1.165) is 12.4 Å².